The minimum atomic E-state index is 0.408. The van der Waals surface area contributed by atoms with Crippen LogP contribution in [0.15, 0.2) is 24.3 Å². The molecule has 0 fully saturated rings. The van der Waals surface area contributed by atoms with Crippen molar-refractivity contribution in [3.8, 4) is 6.07 Å². The Bertz CT molecular complexity index is 702. The summed E-state index contributed by atoms with van der Waals surface area (Å²) in [5, 5.41) is 9.00. The van der Waals surface area contributed by atoms with Crippen molar-refractivity contribution >= 4 is 11.6 Å². The Kier molecular flexibility index (Phi) is 2.99. The molecule has 2 heterocycles. The summed E-state index contributed by atoms with van der Waals surface area (Å²) in [5.74, 6) is 0.620. The Labute approximate surface area is 117 Å². The van der Waals surface area contributed by atoms with Gasteiger partial charge in [0.25, 0.3) is 0 Å². The van der Waals surface area contributed by atoms with Gasteiger partial charge in [-0.1, -0.05) is 6.07 Å². The van der Waals surface area contributed by atoms with Gasteiger partial charge < -0.3 is 10.6 Å². The molecule has 5 nitrogen and oxygen atoms in total. The quantitative estimate of drug-likeness (QED) is 0.795. The van der Waals surface area contributed by atoms with Crippen LogP contribution in [0.25, 0.3) is 0 Å². The molecule has 5 heteroatoms. The second kappa shape index (κ2) is 4.82. The molecule has 100 valence electrons. The summed E-state index contributed by atoms with van der Waals surface area (Å²) in [6.07, 6.45) is 0.939. The third-order valence-electron chi connectivity index (χ3n) is 3.48. The molecule has 2 aromatic rings. The molecule has 0 unspecified atom stereocenters. The maximum Gasteiger partial charge on any atom is 0.227 e. The number of nitrogen functional groups attached to an aromatic ring is 1. The number of hydrogen-bond acceptors (Lipinski definition) is 5. The summed E-state index contributed by atoms with van der Waals surface area (Å²) in [6.45, 7) is 3.46. The molecule has 0 radical (unpaired) electrons. The lowest BCUT2D eigenvalue weighted by atomic mass is 9.99. The van der Waals surface area contributed by atoms with E-state index >= 15 is 0 Å². The van der Waals surface area contributed by atoms with Gasteiger partial charge in [-0.25, -0.2) is 9.97 Å². The van der Waals surface area contributed by atoms with Crippen molar-refractivity contribution < 1.29 is 0 Å². The van der Waals surface area contributed by atoms with Gasteiger partial charge in [0, 0.05) is 24.5 Å². The number of benzene rings is 1. The normalized spacial score (nSPS) is 13.7. The number of nitrogens with two attached hydrogens (primary N) is 1. The highest BCUT2D eigenvalue weighted by molar-refractivity contribution is 5.49. The average Bonchev–Trinajstić information content (AvgIpc) is 2.45. The maximum absolute atomic E-state index is 9.00. The van der Waals surface area contributed by atoms with E-state index in [2.05, 4.69) is 27.0 Å². The highest BCUT2D eigenvalue weighted by Crippen LogP contribution is 2.24. The van der Waals surface area contributed by atoms with Crippen molar-refractivity contribution in [1.82, 2.24) is 9.97 Å². The first-order chi connectivity index (χ1) is 9.65. The van der Waals surface area contributed by atoms with Gasteiger partial charge in [0.2, 0.25) is 5.95 Å². The number of nitriles is 1. The minimum Gasteiger partial charge on any atom is -0.399 e. The molecule has 0 bridgehead atoms. The molecule has 1 aromatic carbocycles. The molecule has 2 N–H and O–H groups in total. The topological polar surface area (TPSA) is 78.8 Å². The van der Waals surface area contributed by atoms with Gasteiger partial charge in [-0.05, 0) is 42.7 Å². The zero-order valence-corrected chi connectivity index (χ0v) is 11.3. The molecule has 0 saturated heterocycles. The number of aryl methyl sites for hydroxylation is 1. The van der Waals surface area contributed by atoms with Gasteiger partial charge in [0.1, 0.15) is 11.8 Å². The van der Waals surface area contributed by atoms with Crippen molar-refractivity contribution in [2.75, 3.05) is 17.2 Å². The zero-order chi connectivity index (χ0) is 14.1. The van der Waals surface area contributed by atoms with E-state index in [1.54, 1.807) is 6.07 Å². The Morgan fingerprint density at radius 3 is 2.90 bits per heavy atom. The van der Waals surface area contributed by atoms with Crippen LogP contribution in [0, 0.1) is 18.3 Å². The number of nitrogens with zero attached hydrogens (tertiary/aromatic N) is 4. The Balaban J connectivity index is 1.94. The number of aromatic nitrogens is 2. The van der Waals surface area contributed by atoms with E-state index in [1.807, 2.05) is 19.1 Å². The van der Waals surface area contributed by atoms with Crippen molar-refractivity contribution in [1.29, 1.82) is 5.26 Å². The van der Waals surface area contributed by atoms with E-state index in [4.69, 9.17) is 11.0 Å². The van der Waals surface area contributed by atoms with Crippen LogP contribution >= 0.6 is 0 Å². The predicted molar refractivity (Wildman–Crippen MR) is 77.1 cm³/mol. The maximum atomic E-state index is 9.00. The summed E-state index contributed by atoms with van der Waals surface area (Å²) >= 11 is 0. The second-order valence-electron chi connectivity index (χ2n) is 5.01. The van der Waals surface area contributed by atoms with E-state index in [0.717, 1.165) is 30.9 Å². The monoisotopic (exact) mass is 265 g/mol. The molecule has 3 rings (SSSR count). The highest BCUT2D eigenvalue weighted by Gasteiger charge is 2.19. The second-order valence-corrected chi connectivity index (χ2v) is 5.01. The van der Waals surface area contributed by atoms with Gasteiger partial charge in [0.05, 0.1) is 0 Å². The molecule has 0 saturated carbocycles. The lowest BCUT2D eigenvalue weighted by Crippen LogP contribution is -2.32. The molecule has 0 atom stereocenters. The van der Waals surface area contributed by atoms with E-state index in [0.29, 0.717) is 11.6 Å². The van der Waals surface area contributed by atoms with Gasteiger partial charge in [-0.2, -0.15) is 5.26 Å². The molecule has 0 spiro atoms. The van der Waals surface area contributed by atoms with Crippen molar-refractivity contribution in [3.63, 3.8) is 0 Å². The van der Waals surface area contributed by atoms with Crippen molar-refractivity contribution in [3.05, 3.63) is 46.8 Å². The zero-order valence-electron chi connectivity index (χ0n) is 11.3. The van der Waals surface area contributed by atoms with E-state index in [-0.39, 0.29) is 0 Å². The first kappa shape index (κ1) is 12.4. The Morgan fingerprint density at radius 2 is 2.10 bits per heavy atom. The van der Waals surface area contributed by atoms with Crippen molar-refractivity contribution in [2.24, 2.45) is 0 Å². The summed E-state index contributed by atoms with van der Waals surface area (Å²) in [7, 11) is 0. The molecule has 0 aliphatic carbocycles. The average molecular weight is 265 g/mol. The molecule has 1 aliphatic rings. The van der Waals surface area contributed by atoms with Gasteiger partial charge in [-0.3, -0.25) is 0 Å². The van der Waals surface area contributed by atoms with Crippen LogP contribution in [0.2, 0.25) is 0 Å². The van der Waals surface area contributed by atoms with Crippen molar-refractivity contribution in [2.45, 2.75) is 19.9 Å². The SMILES string of the molecule is Cc1cc(C#N)nc(N2CCc3ccc(N)cc3C2)n1. The molecule has 1 aromatic heterocycles. The summed E-state index contributed by atoms with van der Waals surface area (Å²) in [4.78, 5) is 10.8. The minimum absolute atomic E-state index is 0.408. The third kappa shape index (κ3) is 2.28. The Hall–Kier alpha value is -2.61. The number of fused-ring (bicyclic) bond motifs is 1. The van der Waals surface area contributed by atoms with E-state index in [1.165, 1.54) is 11.1 Å². The number of rotatable bonds is 1. The Morgan fingerprint density at radius 1 is 1.25 bits per heavy atom. The van der Waals surface area contributed by atoms with Crippen LogP contribution in [0.4, 0.5) is 11.6 Å². The third-order valence-corrected chi connectivity index (χ3v) is 3.48. The molecule has 20 heavy (non-hydrogen) atoms. The van der Waals surface area contributed by atoms with Crippen LogP contribution in [0.1, 0.15) is 22.5 Å². The summed E-state index contributed by atoms with van der Waals surface area (Å²) < 4.78 is 0. The molecule has 1 aliphatic heterocycles. The first-order valence-electron chi connectivity index (χ1n) is 6.54. The summed E-state index contributed by atoms with van der Waals surface area (Å²) in [5.41, 5.74) is 10.4. The number of anilines is 2. The van der Waals surface area contributed by atoms with Gasteiger partial charge in [-0.15, -0.1) is 0 Å². The highest BCUT2D eigenvalue weighted by atomic mass is 15.3. The standard InChI is InChI=1S/C15H15N5/c1-10-6-14(8-16)19-15(18-10)20-5-4-11-2-3-13(17)7-12(11)9-20/h2-3,6-7H,4-5,9,17H2,1H3. The molecule has 0 amide bonds. The fraction of sp³-hybridized carbons (Fsp3) is 0.267. The molecular weight excluding hydrogens is 250 g/mol. The first-order valence-corrected chi connectivity index (χ1v) is 6.54. The lowest BCUT2D eigenvalue weighted by Gasteiger charge is -2.29. The van der Waals surface area contributed by atoms with Gasteiger partial charge in [0.15, 0.2) is 0 Å². The van der Waals surface area contributed by atoms with E-state index < -0.39 is 0 Å². The molecular formula is C15H15N5. The van der Waals surface area contributed by atoms with Crippen LogP contribution in [-0.4, -0.2) is 16.5 Å². The van der Waals surface area contributed by atoms with Gasteiger partial charge >= 0.3 is 0 Å². The summed E-state index contributed by atoms with van der Waals surface area (Å²) in [6, 6.07) is 9.79. The van der Waals surface area contributed by atoms with E-state index in [9.17, 15) is 0 Å². The van der Waals surface area contributed by atoms with Crippen LogP contribution in [0.5, 0.6) is 0 Å². The number of hydrogen-bond donors (Lipinski definition) is 1. The fourth-order valence-electron chi connectivity index (χ4n) is 2.50. The predicted octanol–water partition coefficient (Wildman–Crippen LogP) is 1.80. The van der Waals surface area contributed by atoms with Crippen LogP contribution in [-0.2, 0) is 13.0 Å². The van der Waals surface area contributed by atoms with Crippen LogP contribution in [0.3, 0.4) is 0 Å². The smallest absolute Gasteiger partial charge is 0.227 e. The largest absolute Gasteiger partial charge is 0.399 e. The fourth-order valence-corrected chi connectivity index (χ4v) is 2.50. The lowest BCUT2D eigenvalue weighted by molar-refractivity contribution is 0.705. The van der Waals surface area contributed by atoms with Crippen LogP contribution < -0.4 is 10.6 Å².